The summed E-state index contributed by atoms with van der Waals surface area (Å²) in [5.74, 6) is -0.537. The number of hydrazine groups is 1. The van der Waals surface area contributed by atoms with Gasteiger partial charge in [-0.2, -0.15) is 0 Å². The average Bonchev–Trinajstić information content (AvgIpc) is 2.33. The number of thiocarbonyl (C=S) groups is 1. The minimum absolute atomic E-state index is 0.0729. The summed E-state index contributed by atoms with van der Waals surface area (Å²) in [5, 5.41) is 3.42. The summed E-state index contributed by atoms with van der Waals surface area (Å²) in [5.41, 5.74) is 5.06. The molecule has 0 fully saturated rings. The van der Waals surface area contributed by atoms with E-state index < -0.39 is 5.91 Å². The van der Waals surface area contributed by atoms with E-state index in [1.165, 1.54) is 19.1 Å². The number of benzene rings is 1. The van der Waals surface area contributed by atoms with Gasteiger partial charge in [0.05, 0.1) is 17.1 Å². The quantitative estimate of drug-likeness (QED) is 0.584. The fourth-order valence-corrected chi connectivity index (χ4v) is 1.72. The lowest BCUT2D eigenvalue weighted by Crippen LogP contribution is -2.47. The molecule has 0 radical (unpaired) electrons. The van der Waals surface area contributed by atoms with Crippen molar-refractivity contribution in [1.82, 2.24) is 16.2 Å². The highest BCUT2D eigenvalue weighted by molar-refractivity contribution is 7.80. The van der Waals surface area contributed by atoms with Crippen molar-refractivity contribution in [3.8, 4) is 0 Å². The number of hydrogen-bond acceptors (Lipinski definition) is 3. The molecule has 1 aromatic carbocycles. The molecule has 19 heavy (non-hydrogen) atoms. The van der Waals surface area contributed by atoms with Crippen LogP contribution >= 0.6 is 35.4 Å². The number of carbonyl (C=O) groups is 2. The van der Waals surface area contributed by atoms with Crippen LogP contribution in [0.25, 0.3) is 0 Å². The van der Waals surface area contributed by atoms with E-state index in [1.54, 1.807) is 6.07 Å². The number of nitrogens with one attached hydrogen (secondary N) is 3. The van der Waals surface area contributed by atoms with Crippen LogP contribution in [0.5, 0.6) is 0 Å². The predicted molar refractivity (Wildman–Crippen MR) is 78.3 cm³/mol. The molecule has 0 aromatic heterocycles. The third-order valence-corrected chi connectivity index (χ3v) is 2.76. The smallest absolute Gasteiger partial charge is 0.271 e. The molecule has 0 aliphatic rings. The number of ketones is 1. The van der Waals surface area contributed by atoms with Crippen molar-refractivity contribution in [2.75, 3.05) is 6.54 Å². The lowest BCUT2D eigenvalue weighted by atomic mass is 10.2. The molecular formula is C11H11Cl2N3O2S. The molecule has 8 heteroatoms. The van der Waals surface area contributed by atoms with Crippen molar-refractivity contribution < 1.29 is 9.59 Å². The largest absolute Gasteiger partial charge is 0.354 e. The lowest BCUT2D eigenvalue weighted by molar-refractivity contribution is -0.115. The van der Waals surface area contributed by atoms with E-state index in [4.69, 9.17) is 35.4 Å². The van der Waals surface area contributed by atoms with E-state index in [-0.39, 0.29) is 28.0 Å². The molecule has 102 valence electrons. The second-order valence-electron chi connectivity index (χ2n) is 3.59. The monoisotopic (exact) mass is 319 g/mol. The Kier molecular flexibility index (Phi) is 6.01. The van der Waals surface area contributed by atoms with Gasteiger partial charge in [-0.15, -0.1) is 0 Å². The zero-order valence-corrected chi connectivity index (χ0v) is 12.2. The molecule has 0 unspecified atom stereocenters. The molecule has 3 N–H and O–H groups in total. The van der Waals surface area contributed by atoms with Crippen molar-refractivity contribution in [1.29, 1.82) is 0 Å². The first kappa shape index (κ1) is 15.7. The Bertz CT molecular complexity index is 523. The van der Waals surface area contributed by atoms with Crippen molar-refractivity contribution in [3.63, 3.8) is 0 Å². The molecule has 1 amide bonds. The first-order valence-corrected chi connectivity index (χ1v) is 6.35. The summed E-state index contributed by atoms with van der Waals surface area (Å²) in [6.07, 6.45) is 0. The van der Waals surface area contributed by atoms with Crippen molar-refractivity contribution in [2.24, 2.45) is 0 Å². The van der Waals surface area contributed by atoms with Gasteiger partial charge < -0.3 is 5.32 Å². The molecule has 0 heterocycles. The van der Waals surface area contributed by atoms with Crippen LogP contribution < -0.4 is 16.2 Å². The Balaban J connectivity index is 2.51. The topological polar surface area (TPSA) is 70.2 Å². The predicted octanol–water partition coefficient (Wildman–Crippen LogP) is 1.69. The normalized spacial score (nSPS) is 9.63. The van der Waals surface area contributed by atoms with Crippen molar-refractivity contribution in [3.05, 3.63) is 33.8 Å². The Labute approximate surface area is 125 Å². The van der Waals surface area contributed by atoms with Crippen LogP contribution in [-0.2, 0) is 4.79 Å². The fraction of sp³-hybridized carbons (Fsp3) is 0.182. The van der Waals surface area contributed by atoms with Gasteiger partial charge in [-0.05, 0) is 37.3 Å². The van der Waals surface area contributed by atoms with Crippen LogP contribution in [0.1, 0.15) is 17.3 Å². The molecule has 5 nitrogen and oxygen atoms in total. The Hall–Kier alpha value is -1.37. The zero-order chi connectivity index (χ0) is 14.4. The molecule has 0 bridgehead atoms. The van der Waals surface area contributed by atoms with Crippen LogP contribution in [0.4, 0.5) is 0 Å². The summed E-state index contributed by atoms with van der Waals surface area (Å²) in [7, 11) is 0. The average molecular weight is 320 g/mol. The molecule has 1 rings (SSSR count). The maximum absolute atomic E-state index is 11.8. The summed E-state index contributed by atoms with van der Waals surface area (Å²) in [4.78, 5) is 22.5. The van der Waals surface area contributed by atoms with Crippen LogP contribution in [-0.4, -0.2) is 23.3 Å². The van der Waals surface area contributed by atoms with Gasteiger partial charge in [-0.1, -0.05) is 23.2 Å². The van der Waals surface area contributed by atoms with Gasteiger partial charge in [0.1, 0.15) is 5.78 Å². The van der Waals surface area contributed by atoms with Crippen LogP contribution in [0.2, 0.25) is 10.0 Å². The van der Waals surface area contributed by atoms with E-state index in [0.717, 1.165) is 0 Å². The molecule has 0 atom stereocenters. The van der Waals surface area contributed by atoms with E-state index in [2.05, 4.69) is 16.2 Å². The summed E-state index contributed by atoms with van der Waals surface area (Å²) >= 11 is 16.5. The molecule has 1 aromatic rings. The van der Waals surface area contributed by atoms with Gasteiger partial charge in [-0.3, -0.25) is 20.4 Å². The fourth-order valence-electron chi connectivity index (χ4n) is 1.10. The molecule has 0 aliphatic carbocycles. The minimum Gasteiger partial charge on any atom is -0.354 e. The first-order chi connectivity index (χ1) is 8.90. The molecular weight excluding hydrogens is 309 g/mol. The van der Waals surface area contributed by atoms with E-state index in [9.17, 15) is 9.59 Å². The summed E-state index contributed by atoms with van der Waals surface area (Å²) < 4.78 is 0. The SMILES string of the molecule is CC(=O)CNC(=S)NNC(=O)c1ccc(Cl)cc1Cl. The highest BCUT2D eigenvalue weighted by atomic mass is 35.5. The van der Waals surface area contributed by atoms with Crippen molar-refractivity contribution >= 4 is 52.2 Å². The Morgan fingerprint density at radius 2 is 1.95 bits per heavy atom. The lowest BCUT2D eigenvalue weighted by Gasteiger charge is -2.11. The Morgan fingerprint density at radius 1 is 1.26 bits per heavy atom. The number of carbonyl (C=O) groups excluding carboxylic acids is 2. The number of rotatable bonds is 3. The van der Waals surface area contributed by atoms with Gasteiger partial charge in [-0.25, -0.2) is 0 Å². The number of hydrogen-bond donors (Lipinski definition) is 3. The van der Waals surface area contributed by atoms with E-state index in [0.29, 0.717) is 5.02 Å². The minimum atomic E-state index is -0.464. The third-order valence-electron chi connectivity index (χ3n) is 1.96. The van der Waals surface area contributed by atoms with Gasteiger partial charge in [0, 0.05) is 5.02 Å². The molecule has 0 spiro atoms. The van der Waals surface area contributed by atoms with Crippen LogP contribution in [0.3, 0.4) is 0 Å². The molecule has 0 saturated carbocycles. The number of amides is 1. The standard InChI is InChI=1S/C11H11Cl2N3O2S/c1-6(17)5-14-11(19)16-15-10(18)8-3-2-7(12)4-9(8)13/h2-4H,5H2,1H3,(H,15,18)(H2,14,16,19). The molecule has 0 aliphatic heterocycles. The van der Waals surface area contributed by atoms with Crippen LogP contribution in [0.15, 0.2) is 18.2 Å². The van der Waals surface area contributed by atoms with Gasteiger partial charge >= 0.3 is 0 Å². The van der Waals surface area contributed by atoms with Crippen LogP contribution in [0, 0.1) is 0 Å². The van der Waals surface area contributed by atoms with Gasteiger partial charge in [0.15, 0.2) is 5.11 Å². The van der Waals surface area contributed by atoms with Gasteiger partial charge in [0.2, 0.25) is 0 Å². The summed E-state index contributed by atoms with van der Waals surface area (Å²) in [6, 6.07) is 4.51. The third kappa shape index (κ3) is 5.42. The summed E-state index contributed by atoms with van der Waals surface area (Å²) in [6.45, 7) is 1.51. The maximum atomic E-state index is 11.8. The van der Waals surface area contributed by atoms with E-state index in [1.807, 2.05) is 0 Å². The highest BCUT2D eigenvalue weighted by Gasteiger charge is 2.10. The molecule has 0 saturated heterocycles. The van der Waals surface area contributed by atoms with Crippen molar-refractivity contribution in [2.45, 2.75) is 6.92 Å². The highest BCUT2D eigenvalue weighted by Crippen LogP contribution is 2.20. The first-order valence-electron chi connectivity index (χ1n) is 5.19. The number of Topliss-reactive ketones (excluding diaryl/α,β-unsaturated/α-hetero) is 1. The number of halogens is 2. The van der Waals surface area contributed by atoms with Gasteiger partial charge in [0.25, 0.3) is 5.91 Å². The second kappa shape index (κ2) is 7.28. The zero-order valence-electron chi connectivity index (χ0n) is 9.92. The Morgan fingerprint density at radius 3 is 2.53 bits per heavy atom. The maximum Gasteiger partial charge on any atom is 0.271 e. The van der Waals surface area contributed by atoms with E-state index >= 15 is 0 Å². The second-order valence-corrected chi connectivity index (χ2v) is 4.84.